The van der Waals surface area contributed by atoms with E-state index < -0.39 is 0 Å². The fourth-order valence-electron chi connectivity index (χ4n) is 8.12. The molecule has 11 aromatic rings. The smallest absolute Gasteiger partial charge is 0.160 e. The number of para-hydroxylation sites is 3. The largest absolute Gasteiger partial charge is 0.293 e. The first-order chi connectivity index (χ1) is 26.8. The number of aromatic nitrogens is 4. The third kappa shape index (κ3) is 4.85. The Labute approximate surface area is 311 Å². The zero-order chi connectivity index (χ0) is 35.6. The van der Waals surface area contributed by atoms with Crippen molar-refractivity contribution in [2.75, 3.05) is 0 Å². The molecule has 11 rings (SSSR count). The van der Waals surface area contributed by atoms with Crippen LogP contribution in [0.15, 0.2) is 194 Å². The summed E-state index contributed by atoms with van der Waals surface area (Å²) in [5, 5.41) is 5.99. The van der Waals surface area contributed by atoms with Gasteiger partial charge in [0.25, 0.3) is 0 Å². The number of benzene rings is 8. The molecule has 0 spiro atoms. The van der Waals surface area contributed by atoms with Crippen LogP contribution in [0.1, 0.15) is 0 Å². The number of imidazole rings is 1. The number of rotatable bonds is 5. The Hall–Kier alpha value is -7.30. The molecular weight excluding hydrogens is 657 g/mol. The van der Waals surface area contributed by atoms with Crippen LogP contribution in [0, 0.1) is 0 Å². The molecule has 0 aliphatic rings. The van der Waals surface area contributed by atoms with Crippen molar-refractivity contribution in [2.24, 2.45) is 0 Å². The van der Waals surface area contributed by atoms with Crippen LogP contribution >= 0.6 is 0 Å². The predicted octanol–water partition coefficient (Wildman–Crippen LogP) is 12.8. The highest BCUT2D eigenvalue weighted by molar-refractivity contribution is 6.09. The molecule has 3 aromatic heterocycles. The Kier molecular flexibility index (Phi) is 6.82. The third-order valence-corrected chi connectivity index (χ3v) is 10.7. The monoisotopic (exact) mass is 688 g/mol. The van der Waals surface area contributed by atoms with Crippen molar-refractivity contribution in [1.29, 1.82) is 0 Å². The van der Waals surface area contributed by atoms with Gasteiger partial charge in [-0.2, -0.15) is 0 Å². The number of hydrogen-bond donors (Lipinski definition) is 0. The van der Waals surface area contributed by atoms with Gasteiger partial charge in [-0.3, -0.25) is 8.97 Å². The second-order valence-electron chi connectivity index (χ2n) is 13.9. The molecule has 4 nitrogen and oxygen atoms in total. The lowest BCUT2D eigenvalue weighted by Crippen LogP contribution is -1.98. The van der Waals surface area contributed by atoms with Crippen molar-refractivity contribution in [3.8, 4) is 50.7 Å². The SMILES string of the molecule is c1ccc(-c2c3ccccc3n3c4ccccc4n(-c4ccc(-c5cc(-c6ccc7ccccc7c6)nc(-c6ccc7ccccc7c6)n5)cc4)c23)cc1. The first-order valence-corrected chi connectivity index (χ1v) is 18.3. The van der Waals surface area contributed by atoms with Gasteiger partial charge in [0.1, 0.15) is 5.65 Å². The van der Waals surface area contributed by atoms with Crippen molar-refractivity contribution >= 4 is 49.1 Å². The fourth-order valence-corrected chi connectivity index (χ4v) is 8.12. The zero-order valence-corrected chi connectivity index (χ0v) is 29.3. The van der Waals surface area contributed by atoms with Crippen molar-refractivity contribution in [1.82, 2.24) is 18.9 Å². The van der Waals surface area contributed by atoms with Gasteiger partial charge >= 0.3 is 0 Å². The van der Waals surface area contributed by atoms with E-state index in [1.807, 2.05) is 0 Å². The Morgan fingerprint density at radius 3 is 1.61 bits per heavy atom. The van der Waals surface area contributed by atoms with Crippen LogP contribution in [0.4, 0.5) is 0 Å². The highest BCUT2D eigenvalue weighted by Crippen LogP contribution is 2.41. The maximum Gasteiger partial charge on any atom is 0.160 e. The van der Waals surface area contributed by atoms with Gasteiger partial charge in [0.15, 0.2) is 5.82 Å². The molecule has 0 atom stereocenters. The second kappa shape index (κ2) is 12.1. The van der Waals surface area contributed by atoms with Crippen molar-refractivity contribution < 1.29 is 0 Å². The molecule has 0 fully saturated rings. The highest BCUT2D eigenvalue weighted by atomic mass is 15.1. The van der Waals surface area contributed by atoms with Gasteiger partial charge in [-0.15, -0.1) is 0 Å². The molecule has 54 heavy (non-hydrogen) atoms. The first kappa shape index (κ1) is 30.3. The normalized spacial score (nSPS) is 11.7. The molecule has 0 unspecified atom stereocenters. The van der Waals surface area contributed by atoms with Crippen LogP contribution in [0.25, 0.3) is 99.8 Å². The number of nitrogens with zero attached hydrogens (tertiary/aromatic N) is 4. The summed E-state index contributed by atoms with van der Waals surface area (Å²) in [6, 6.07) is 69.1. The lowest BCUT2D eigenvalue weighted by atomic mass is 10.0. The van der Waals surface area contributed by atoms with E-state index in [0.29, 0.717) is 5.82 Å². The van der Waals surface area contributed by atoms with E-state index in [-0.39, 0.29) is 0 Å². The summed E-state index contributed by atoms with van der Waals surface area (Å²) in [6.45, 7) is 0. The molecule has 252 valence electrons. The van der Waals surface area contributed by atoms with Crippen LogP contribution in [-0.2, 0) is 0 Å². The summed E-state index contributed by atoms with van der Waals surface area (Å²) in [6.07, 6.45) is 0. The van der Waals surface area contributed by atoms with Gasteiger partial charge in [0, 0.05) is 33.3 Å². The summed E-state index contributed by atoms with van der Waals surface area (Å²) in [5.74, 6) is 0.705. The molecule has 0 saturated heterocycles. The van der Waals surface area contributed by atoms with Crippen LogP contribution in [-0.4, -0.2) is 18.9 Å². The Bertz CT molecular complexity index is 3110. The number of fused-ring (bicyclic) bond motifs is 7. The zero-order valence-electron chi connectivity index (χ0n) is 29.3. The molecular formula is C50H32N4. The summed E-state index contributed by atoms with van der Waals surface area (Å²) in [5.41, 5.74) is 13.0. The minimum Gasteiger partial charge on any atom is -0.293 e. The van der Waals surface area contributed by atoms with Gasteiger partial charge < -0.3 is 0 Å². The van der Waals surface area contributed by atoms with Crippen molar-refractivity contribution in [2.45, 2.75) is 0 Å². The van der Waals surface area contributed by atoms with E-state index in [2.05, 4.69) is 203 Å². The van der Waals surface area contributed by atoms with Gasteiger partial charge in [0.2, 0.25) is 0 Å². The molecule has 0 N–H and O–H groups in total. The fraction of sp³-hybridized carbons (Fsp3) is 0. The Balaban J connectivity index is 1.10. The van der Waals surface area contributed by atoms with Crippen molar-refractivity contribution in [3.05, 3.63) is 194 Å². The second-order valence-corrected chi connectivity index (χ2v) is 13.9. The van der Waals surface area contributed by atoms with E-state index in [4.69, 9.17) is 9.97 Å². The molecule has 0 aliphatic heterocycles. The van der Waals surface area contributed by atoms with E-state index in [0.717, 1.165) is 44.9 Å². The van der Waals surface area contributed by atoms with Crippen molar-refractivity contribution in [3.63, 3.8) is 0 Å². The van der Waals surface area contributed by atoms with E-state index in [1.165, 1.54) is 49.1 Å². The van der Waals surface area contributed by atoms with Crippen LogP contribution in [0.5, 0.6) is 0 Å². The van der Waals surface area contributed by atoms with Crippen LogP contribution in [0.2, 0.25) is 0 Å². The van der Waals surface area contributed by atoms with Crippen LogP contribution in [0.3, 0.4) is 0 Å². The maximum atomic E-state index is 5.22. The third-order valence-electron chi connectivity index (χ3n) is 10.7. The van der Waals surface area contributed by atoms with Crippen LogP contribution < -0.4 is 0 Å². The minimum atomic E-state index is 0.705. The molecule has 0 aliphatic carbocycles. The van der Waals surface area contributed by atoms with Gasteiger partial charge in [-0.25, -0.2) is 9.97 Å². The molecule has 3 heterocycles. The summed E-state index contributed by atoms with van der Waals surface area (Å²) < 4.78 is 4.82. The molecule has 0 radical (unpaired) electrons. The average molecular weight is 689 g/mol. The van der Waals surface area contributed by atoms with Gasteiger partial charge in [-0.05, 0) is 75.6 Å². The topological polar surface area (TPSA) is 35.1 Å². The van der Waals surface area contributed by atoms with Gasteiger partial charge in [0.05, 0.1) is 27.9 Å². The van der Waals surface area contributed by atoms with E-state index >= 15 is 0 Å². The average Bonchev–Trinajstić information content (AvgIpc) is 3.76. The maximum absolute atomic E-state index is 5.22. The molecule has 0 amide bonds. The summed E-state index contributed by atoms with van der Waals surface area (Å²) in [7, 11) is 0. The molecule has 4 heteroatoms. The Morgan fingerprint density at radius 1 is 0.352 bits per heavy atom. The van der Waals surface area contributed by atoms with Gasteiger partial charge in [-0.1, -0.05) is 146 Å². The van der Waals surface area contributed by atoms with E-state index in [9.17, 15) is 0 Å². The minimum absolute atomic E-state index is 0.705. The molecule has 8 aromatic carbocycles. The molecule has 0 saturated carbocycles. The predicted molar refractivity (Wildman–Crippen MR) is 224 cm³/mol. The number of hydrogen-bond acceptors (Lipinski definition) is 2. The Morgan fingerprint density at radius 2 is 0.889 bits per heavy atom. The lowest BCUT2D eigenvalue weighted by molar-refractivity contribution is 1.15. The molecule has 0 bridgehead atoms. The summed E-state index contributed by atoms with van der Waals surface area (Å²) in [4.78, 5) is 10.4. The lowest BCUT2D eigenvalue weighted by Gasteiger charge is -2.12. The standard InChI is InChI=1S/C50H32N4/c1-2-14-36(15-3-1)48-42-18-8-9-19-45(42)54-47-21-11-10-20-46(47)53(50(48)54)41-28-26-35(27-29-41)43-32-44(39-24-22-33-12-4-6-16-37(33)30-39)52-49(51-43)40-25-23-34-13-5-7-17-38(34)31-40/h1-32H. The van der Waals surface area contributed by atoms with E-state index in [1.54, 1.807) is 0 Å². The summed E-state index contributed by atoms with van der Waals surface area (Å²) >= 11 is 0. The quantitative estimate of drug-likeness (QED) is 0.180. The highest BCUT2D eigenvalue weighted by Gasteiger charge is 2.22. The first-order valence-electron chi connectivity index (χ1n) is 18.3.